The summed E-state index contributed by atoms with van der Waals surface area (Å²) in [5.41, 5.74) is 1.24. The third kappa shape index (κ3) is 2.52. The average molecular weight is 196 g/mol. The molecule has 0 bridgehead atoms. The first-order valence-corrected chi connectivity index (χ1v) is 6.52. The van der Waals surface area contributed by atoms with Crippen LogP contribution in [-0.4, -0.2) is 0 Å². The number of hydrogen-bond donors (Lipinski definition) is 0. The van der Waals surface area contributed by atoms with Crippen molar-refractivity contribution in [2.45, 2.75) is 79.1 Å². The Morgan fingerprint density at radius 1 is 0.929 bits per heavy atom. The maximum Gasteiger partial charge on any atom is -0.0275 e. The highest BCUT2D eigenvalue weighted by molar-refractivity contribution is 4.94. The van der Waals surface area contributed by atoms with Gasteiger partial charge in [-0.3, -0.25) is 0 Å². The summed E-state index contributed by atoms with van der Waals surface area (Å²) in [6.45, 7) is 9.76. The zero-order valence-electron chi connectivity index (χ0n) is 10.7. The molecule has 0 heteroatoms. The molecule has 1 saturated carbocycles. The first-order valence-electron chi connectivity index (χ1n) is 6.52. The van der Waals surface area contributed by atoms with Gasteiger partial charge in [0.1, 0.15) is 0 Å². The standard InChI is InChI=1S/C14H28/c1-5-6-7-8-11-14(4)12-9-10-13(14,2)3/h5-12H2,1-4H3/t14-/m1/s1. The normalized spacial score (nSPS) is 30.9. The van der Waals surface area contributed by atoms with Crippen LogP contribution in [-0.2, 0) is 0 Å². The number of rotatable bonds is 5. The summed E-state index contributed by atoms with van der Waals surface area (Å²) in [6, 6.07) is 0. The van der Waals surface area contributed by atoms with Gasteiger partial charge in [0.25, 0.3) is 0 Å². The largest absolute Gasteiger partial charge is 0.0654 e. The Balaban J connectivity index is 2.34. The highest BCUT2D eigenvalue weighted by Gasteiger charge is 2.43. The van der Waals surface area contributed by atoms with Crippen LogP contribution in [0.2, 0.25) is 0 Å². The van der Waals surface area contributed by atoms with E-state index in [-0.39, 0.29) is 0 Å². The van der Waals surface area contributed by atoms with E-state index in [1.807, 2.05) is 0 Å². The van der Waals surface area contributed by atoms with Crippen LogP contribution >= 0.6 is 0 Å². The van der Waals surface area contributed by atoms with Crippen molar-refractivity contribution in [1.82, 2.24) is 0 Å². The Morgan fingerprint density at radius 2 is 1.64 bits per heavy atom. The van der Waals surface area contributed by atoms with Gasteiger partial charge < -0.3 is 0 Å². The molecule has 1 aliphatic carbocycles. The molecule has 1 rings (SSSR count). The third-order valence-corrected chi connectivity index (χ3v) is 4.75. The Labute approximate surface area is 90.5 Å². The molecular formula is C14H28. The lowest BCUT2D eigenvalue weighted by molar-refractivity contribution is 0.115. The third-order valence-electron chi connectivity index (χ3n) is 4.75. The van der Waals surface area contributed by atoms with Gasteiger partial charge in [0.2, 0.25) is 0 Å². The van der Waals surface area contributed by atoms with Gasteiger partial charge >= 0.3 is 0 Å². The van der Waals surface area contributed by atoms with Crippen molar-refractivity contribution in [1.29, 1.82) is 0 Å². The van der Waals surface area contributed by atoms with E-state index in [0.717, 1.165) is 0 Å². The summed E-state index contributed by atoms with van der Waals surface area (Å²) in [6.07, 6.45) is 11.5. The van der Waals surface area contributed by atoms with Gasteiger partial charge in [-0.05, 0) is 30.1 Å². The quantitative estimate of drug-likeness (QED) is 0.532. The van der Waals surface area contributed by atoms with Crippen molar-refractivity contribution in [3.63, 3.8) is 0 Å². The highest BCUT2D eigenvalue weighted by atomic mass is 14.5. The molecule has 1 atom stereocenters. The predicted octanol–water partition coefficient (Wildman–Crippen LogP) is 5.17. The van der Waals surface area contributed by atoms with Crippen LogP contribution in [0.4, 0.5) is 0 Å². The van der Waals surface area contributed by atoms with E-state index in [1.54, 1.807) is 0 Å². The molecule has 0 saturated heterocycles. The van der Waals surface area contributed by atoms with Crippen LogP contribution in [0.15, 0.2) is 0 Å². The molecule has 84 valence electrons. The fraction of sp³-hybridized carbons (Fsp3) is 1.00. The number of unbranched alkanes of at least 4 members (excludes halogenated alkanes) is 3. The topological polar surface area (TPSA) is 0 Å². The Hall–Kier alpha value is 0. The summed E-state index contributed by atoms with van der Waals surface area (Å²) in [4.78, 5) is 0. The van der Waals surface area contributed by atoms with E-state index in [4.69, 9.17) is 0 Å². The molecular weight excluding hydrogens is 168 g/mol. The van der Waals surface area contributed by atoms with Gasteiger partial charge in [-0.25, -0.2) is 0 Å². The van der Waals surface area contributed by atoms with Crippen molar-refractivity contribution >= 4 is 0 Å². The van der Waals surface area contributed by atoms with Crippen molar-refractivity contribution < 1.29 is 0 Å². The molecule has 1 aliphatic rings. The molecule has 0 radical (unpaired) electrons. The maximum atomic E-state index is 2.52. The van der Waals surface area contributed by atoms with Crippen molar-refractivity contribution in [3.8, 4) is 0 Å². The summed E-state index contributed by atoms with van der Waals surface area (Å²) < 4.78 is 0. The molecule has 1 fully saturated rings. The van der Waals surface area contributed by atoms with Crippen LogP contribution in [0.25, 0.3) is 0 Å². The monoisotopic (exact) mass is 196 g/mol. The molecule has 0 N–H and O–H groups in total. The van der Waals surface area contributed by atoms with Crippen molar-refractivity contribution in [2.24, 2.45) is 10.8 Å². The van der Waals surface area contributed by atoms with E-state index in [1.165, 1.54) is 51.4 Å². The van der Waals surface area contributed by atoms with E-state index in [0.29, 0.717) is 10.8 Å². The van der Waals surface area contributed by atoms with Crippen LogP contribution in [0.3, 0.4) is 0 Å². The Kier molecular flexibility index (Phi) is 4.04. The van der Waals surface area contributed by atoms with Crippen LogP contribution in [0.5, 0.6) is 0 Å². The minimum atomic E-state index is 0.596. The van der Waals surface area contributed by atoms with Gasteiger partial charge in [0.15, 0.2) is 0 Å². The average Bonchev–Trinajstić information content (AvgIpc) is 2.36. The highest BCUT2D eigenvalue weighted by Crippen LogP contribution is 2.54. The molecule has 0 unspecified atom stereocenters. The lowest BCUT2D eigenvalue weighted by Crippen LogP contribution is -2.29. The van der Waals surface area contributed by atoms with Gasteiger partial charge in [0.05, 0.1) is 0 Å². The fourth-order valence-corrected chi connectivity index (χ4v) is 2.97. The van der Waals surface area contributed by atoms with Gasteiger partial charge in [0, 0.05) is 0 Å². The van der Waals surface area contributed by atoms with Gasteiger partial charge in [-0.2, -0.15) is 0 Å². The van der Waals surface area contributed by atoms with E-state index in [2.05, 4.69) is 27.7 Å². The van der Waals surface area contributed by atoms with E-state index >= 15 is 0 Å². The molecule has 0 aromatic rings. The first kappa shape index (κ1) is 12.1. The zero-order valence-corrected chi connectivity index (χ0v) is 10.7. The smallest absolute Gasteiger partial charge is 0.0275 e. The molecule has 0 spiro atoms. The molecule has 0 aromatic carbocycles. The number of hydrogen-bond acceptors (Lipinski definition) is 0. The lowest BCUT2D eigenvalue weighted by Gasteiger charge is -2.38. The van der Waals surface area contributed by atoms with Gasteiger partial charge in [-0.1, -0.05) is 59.8 Å². The molecule has 0 aliphatic heterocycles. The predicted molar refractivity (Wildman–Crippen MR) is 64.5 cm³/mol. The second kappa shape index (κ2) is 4.68. The van der Waals surface area contributed by atoms with Crippen LogP contribution in [0.1, 0.15) is 79.1 Å². The second-order valence-electron chi connectivity index (χ2n) is 6.11. The van der Waals surface area contributed by atoms with E-state index < -0.39 is 0 Å². The fourth-order valence-electron chi connectivity index (χ4n) is 2.97. The molecule has 0 heterocycles. The molecule has 0 aromatic heterocycles. The summed E-state index contributed by atoms with van der Waals surface area (Å²) >= 11 is 0. The molecule has 14 heavy (non-hydrogen) atoms. The molecule has 0 nitrogen and oxygen atoms in total. The van der Waals surface area contributed by atoms with Crippen molar-refractivity contribution in [3.05, 3.63) is 0 Å². The second-order valence-corrected chi connectivity index (χ2v) is 6.11. The van der Waals surface area contributed by atoms with Gasteiger partial charge in [-0.15, -0.1) is 0 Å². The van der Waals surface area contributed by atoms with Crippen LogP contribution < -0.4 is 0 Å². The summed E-state index contributed by atoms with van der Waals surface area (Å²) in [7, 11) is 0. The zero-order chi connectivity index (χ0) is 10.7. The SMILES string of the molecule is CCCCCC[C@]1(C)CCCC1(C)C. The maximum absolute atomic E-state index is 2.52. The van der Waals surface area contributed by atoms with Crippen LogP contribution in [0, 0.1) is 10.8 Å². The van der Waals surface area contributed by atoms with E-state index in [9.17, 15) is 0 Å². The molecule has 0 amide bonds. The minimum Gasteiger partial charge on any atom is -0.0654 e. The summed E-state index contributed by atoms with van der Waals surface area (Å²) in [5.74, 6) is 0. The Bertz CT molecular complexity index is 169. The van der Waals surface area contributed by atoms with Crippen molar-refractivity contribution in [2.75, 3.05) is 0 Å². The first-order chi connectivity index (χ1) is 6.52. The lowest BCUT2D eigenvalue weighted by atomic mass is 9.67. The minimum absolute atomic E-state index is 0.596. The summed E-state index contributed by atoms with van der Waals surface area (Å²) in [5, 5.41) is 0. The Morgan fingerprint density at radius 3 is 2.14 bits per heavy atom.